The second kappa shape index (κ2) is 12.7. The molecule has 1 amide bonds. The number of amides is 1. The molecule has 2 aromatic carbocycles. The standard InChI is InChI=1S/C20H24N2O2.C17H23NO4/c1-3-13-12-22-9-7-14(13)10-19(22)20(23)16-6-8-21-18-5-4-15(24-2)11-17(16)18;1-11-16(5,12-9-7-6-8-10-12)17(11,13(19)20)18-14(21)22-15(2,3)4/h3-6,8,11,13-14,19-20,23H,1,7,9-10,12H2,2H3;6-11H,1-5H3,(H,18,21)(H,19,20)/t13-,14-,19+,20-;11-,16-,17-/m01/s1. The largest absolute Gasteiger partial charge is 0.497 e. The van der Waals surface area contributed by atoms with E-state index in [-0.39, 0.29) is 12.0 Å². The highest BCUT2D eigenvalue weighted by atomic mass is 16.6. The third-order valence-corrected chi connectivity index (χ3v) is 10.5. The maximum atomic E-state index is 12.1. The lowest BCUT2D eigenvalue weighted by molar-refractivity contribution is -0.141. The molecular formula is C37H47N3O6. The Morgan fingerprint density at radius 1 is 1.17 bits per heavy atom. The van der Waals surface area contributed by atoms with Gasteiger partial charge in [-0.05, 0) is 87.4 Å². The average molecular weight is 630 g/mol. The number of aliphatic hydroxyl groups is 1. The van der Waals surface area contributed by atoms with E-state index >= 15 is 0 Å². The minimum atomic E-state index is -1.35. The average Bonchev–Trinajstić information content (AvgIpc) is 3.53. The number of benzene rings is 2. The number of alkyl carbamates (subject to hydrolysis) is 1. The zero-order chi connectivity index (χ0) is 33.4. The van der Waals surface area contributed by atoms with E-state index in [1.165, 1.54) is 6.42 Å². The lowest BCUT2D eigenvalue weighted by Gasteiger charge is -2.50. The van der Waals surface area contributed by atoms with Crippen LogP contribution < -0.4 is 10.1 Å². The summed E-state index contributed by atoms with van der Waals surface area (Å²) in [5.74, 6) is 0.719. The Balaban J connectivity index is 0.000000182. The van der Waals surface area contributed by atoms with Crippen LogP contribution in [0.1, 0.15) is 64.7 Å². The highest BCUT2D eigenvalue weighted by molar-refractivity contribution is 5.92. The monoisotopic (exact) mass is 629 g/mol. The van der Waals surface area contributed by atoms with E-state index in [4.69, 9.17) is 9.47 Å². The number of nitrogens with zero attached hydrogens (tertiary/aromatic N) is 2. The molecule has 2 bridgehead atoms. The van der Waals surface area contributed by atoms with Gasteiger partial charge in [-0.15, -0.1) is 6.58 Å². The molecule has 4 heterocycles. The molecule has 4 fully saturated rings. The highest BCUT2D eigenvalue weighted by Gasteiger charge is 2.78. The van der Waals surface area contributed by atoms with Crippen LogP contribution in [0.4, 0.5) is 4.79 Å². The maximum absolute atomic E-state index is 12.1. The topological polar surface area (TPSA) is 121 Å². The summed E-state index contributed by atoms with van der Waals surface area (Å²) in [5, 5.41) is 24.5. The Morgan fingerprint density at radius 2 is 1.89 bits per heavy atom. The number of carbonyl (C=O) groups is 2. The molecule has 246 valence electrons. The molecule has 0 spiro atoms. The number of aliphatic carboxylic acids is 1. The number of methoxy groups -OCH3 is 1. The van der Waals surface area contributed by atoms with Crippen LogP contribution in [0.2, 0.25) is 0 Å². The molecule has 7 rings (SSSR count). The molecule has 1 aliphatic carbocycles. The third-order valence-electron chi connectivity index (χ3n) is 10.5. The molecule has 9 heteroatoms. The summed E-state index contributed by atoms with van der Waals surface area (Å²) < 4.78 is 10.6. The number of fused-ring (bicyclic) bond motifs is 4. The van der Waals surface area contributed by atoms with Crippen LogP contribution in [0.3, 0.4) is 0 Å². The number of carboxylic acid groups (broad SMARTS) is 1. The van der Waals surface area contributed by atoms with Gasteiger partial charge < -0.3 is 25.0 Å². The minimum Gasteiger partial charge on any atom is -0.497 e. The normalized spacial score (nSPS) is 30.4. The van der Waals surface area contributed by atoms with Gasteiger partial charge in [0.15, 0.2) is 5.54 Å². The second-order valence-corrected chi connectivity index (χ2v) is 14.0. The minimum absolute atomic E-state index is 0.178. The number of nitrogens with one attached hydrogen (secondary N) is 1. The first-order valence-electron chi connectivity index (χ1n) is 16.0. The number of piperidine rings is 3. The van der Waals surface area contributed by atoms with Crippen molar-refractivity contribution in [1.82, 2.24) is 15.2 Å². The van der Waals surface area contributed by atoms with E-state index in [1.54, 1.807) is 34.1 Å². The summed E-state index contributed by atoms with van der Waals surface area (Å²) in [7, 11) is 1.66. The van der Waals surface area contributed by atoms with Gasteiger partial charge in [0.05, 0.1) is 18.7 Å². The molecule has 1 aromatic heterocycles. The highest BCUT2D eigenvalue weighted by Crippen LogP contribution is 2.62. The van der Waals surface area contributed by atoms with Gasteiger partial charge in [-0.3, -0.25) is 9.88 Å². The number of pyridine rings is 1. The van der Waals surface area contributed by atoms with E-state index in [0.29, 0.717) is 11.8 Å². The second-order valence-electron chi connectivity index (χ2n) is 14.0. The molecule has 3 aromatic rings. The van der Waals surface area contributed by atoms with Gasteiger partial charge in [0, 0.05) is 35.5 Å². The first kappa shape index (κ1) is 33.4. The number of aromatic nitrogens is 1. The Hall–Kier alpha value is -3.95. The number of hydrogen-bond donors (Lipinski definition) is 3. The molecule has 8 atom stereocenters. The number of carbonyl (C=O) groups excluding carboxylic acids is 1. The zero-order valence-electron chi connectivity index (χ0n) is 27.7. The predicted molar refractivity (Wildman–Crippen MR) is 178 cm³/mol. The van der Waals surface area contributed by atoms with Crippen molar-refractivity contribution >= 4 is 23.0 Å². The van der Waals surface area contributed by atoms with Gasteiger partial charge >= 0.3 is 12.1 Å². The van der Waals surface area contributed by atoms with E-state index in [9.17, 15) is 19.8 Å². The Bertz CT molecular complexity index is 1590. The fraction of sp³-hybridized carbons (Fsp3) is 0.486. The molecule has 3 aliphatic heterocycles. The van der Waals surface area contributed by atoms with Gasteiger partial charge in [-0.25, -0.2) is 9.59 Å². The van der Waals surface area contributed by atoms with Crippen molar-refractivity contribution in [2.45, 2.75) is 76.2 Å². The van der Waals surface area contributed by atoms with E-state index in [1.807, 2.05) is 68.4 Å². The summed E-state index contributed by atoms with van der Waals surface area (Å²) >= 11 is 0. The van der Waals surface area contributed by atoms with Crippen molar-refractivity contribution in [1.29, 1.82) is 0 Å². The molecule has 1 saturated carbocycles. The van der Waals surface area contributed by atoms with Crippen molar-refractivity contribution in [3.8, 4) is 5.75 Å². The van der Waals surface area contributed by atoms with Gasteiger partial charge in [-0.1, -0.05) is 50.3 Å². The number of rotatable bonds is 7. The first-order valence-corrected chi connectivity index (χ1v) is 16.0. The molecule has 0 radical (unpaired) electrons. The van der Waals surface area contributed by atoms with Gasteiger partial charge in [-0.2, -0.15) is 0 Å². The Kier molecular flexibility index (Phi) is 9.21. The van der Waals surface area contributed by atoms with Gasteiger partial charge in [0.2, 0.25) is 0 Å². The van der Waals surface area contributed by atoms with Crippen molar-refractivity contribution in [3.05, 3.63) is 84.6 Å². The van der Waals surface area contributed by atoms with Crippen LogP contribution >= 0.6 is 0 Å². The molecular weight excluding hydrogens is 582 g/mol. The van der Waals surface area contributed by atoms with Crippen molar-refractivity contribution < 1.29 is 29.3 Å². The SMILES string of the molecule is C=C[C@H]1CN2CC[C@H]1C[C@@H]2[C@@H](O)c1ccnc2ccc(OC)cc12.C[C@@H]1[C@](C)(c2ccccc2)[C@]1(NC(=O)OC(C)(C)C)C(=O)O. The Labute approximate surface area is 271 Å². The van der Waals surface area contributed by atoms with E-state index < -0.39 is 34.7 Å². The summed E-state index contributed by atoms with van der Waals surface area (Å²) in [6, 6.07) is 17.3. The fourth-order valence-corrected chi connectivity index (χ4v) is 7.71. The lowest BCUT2D eigenvalue weighted by Crippen LogP contribution is -2.54. The van der Waals surface area contributed by atoms with Crippen LogP contribution in [0.5, 0.6) is 5.75 Å². The summed E-state index contributed by atoms with van der Waals surface area (Å²) in [6.45, 7) is 15.0. The maximum Gasteiger partial charge on any atom is 0.408 e. The van der Waals surface area contributed by atoms with Crippen molar-refractivity contribution in [2.24, 2.45) is 17.8 Å². The van der Waals surface area contributed by atoms with Crippen molar-refractivity contribution in [3.63, 3.8) is 0 Å². The molecule has 3 saturated heterocycles. The van der Waals surface area contributed by atoms with Crippen molar-refractivity contribution in [2.75, 3.05) is 20.2 Å². The smallest absolute Gasteiger partial charge is 0.408 e. The number of hydrogen-bond acceptors (Lipinski definition) is 7. The predicted octanol–water partition coefficient (Wildman–Crippen LogP) is 6.12. The molecule has 1 unspecified atom stereocenters. The van der Waals surface area contributed by atoms with Gasteiger partial charge in [0.1, 0.15) is 11.4 Å². The number of aliphatic hydroxyl groups excluding tert-OH is 1. The summed E-state index contributed by atoms with van der Waals surface area (Å²) in [5.41, 5.74) is 0.0403. The first-order chi connectivity index (χ1) is 21.8. The molecule has 46 heavy (non-hydrogen) atoms. The molecule has 9 nitrogen and oxygen atoms in total. The van der Waals surface area contributed by atoms with Gasteiger partial charge in [0.25, 0.3) is 0 Å². The summed E-state index contributed by atoms with van der Waals surface area (Å²) in [6.07, 6.45) is 4.91. The lowest BCUT2D eigenvalue weighted by atomic mass is 9.73. The zero-order valence-corrected chi connectivity index (χ0v) is 27.7. The quantitative estimate of drug-likeness (QED) is 0.268. The Morgan fingerprint density at radius 3 is 2.48 bits per heavy atom. The van der Waals surface area contributed by atoms with Crippen LogP contribution in [0.25, 0.3) is 10.9 Å². The van der Waals surface area contributed by atoms with Crippen LogP contribution in [0, 0.1) is 17.8 Å². The van der Waals surface area contributed by atoms with E-state index in [2.05, 4.69) is 27.9 Å². The van der Waals surface area contributed by atoms with E-state index in [0.717, 1.165) is 47.3 Å². The molecule has 3 N–H and O–H groups in total. The fourth-order valence-electron chi connectivity index (χ4n) is 7.71. The van der Waals surface area contributed by atoms with Crippen LogP contribution in [0.15, 0.2) is 73.4 Å². The number of carboxylic acids is 1. The van der Waals surface area contributed by atoms with Crippen LogP contribution in [-0.2, 0) is 14.9 Å². The molecule has 4 aliphatic rings. The van der Waals surface area contributed by atoms with Crippen LogP contribution in [-0.4, -0.2) is 69.5 Å². The third kappa shape index (κ3) is 5.98. The summed E-state index contributed by atoms with van der Waals surface area (Å²) in [4.78, 5) is 30.9. The number of ether oxygens (including phenoxy) is 2.